The van der Waals surface area contributed by atoms with Gasteiger partial charge in [0.25, 0.3) is 0 Å². The van der Waals surface area contributed by atoms with E-state index >= 15 is 0 Å². The van der Waals surface area contributed by atoms with Crippen LogP contribution in [0.1, 0.15) is 55.2 Å². The third-order valence-electron chi connectivity index (χ3n) is 5.43. The summed E-state index contributed by atoms with van der Waals surface area (Å²) < 4.78 is 5.51. The van der Waals surface area contributed by atoms with Crippen molar-refractivity contribution in [1.29, 1.82) is 0 Å². The zero-order valence-electron chi connectivity index (χ0n) is 12.2. The minimum Gasteiger partial charge on any atom is -0.381 e. The second-order valence-corrected chi connectivity index (χ2v) is 6.81. The maximum atomic E-state index is 5.51. The van der Waals surface area contributed by atoms with Gasteiger partial charge in [-0.1, -0.05) is 17.9 Å². The second kappa shape index (κ2) is 4.64. The molecular formula is C19H22O. The second-order valence-electron chi connectivity index (χ2n) is 6.81. The molecule has 0 saturated heterocycles. The minimum absolute atomic E-state index is 0.460. The highest BCUT2D eigenvalue weighted by Gasteiger charge is 2.44. The lowest BCUT2D eigenvalue weighted by Crippen LogP contribution is -2.43. The van der Waals surface area contributed by atoms with Crippen molar-refractivity contribution in [1.82, 2.24) is 0 Å². The standard InChI is InChI=1S/C19H22O/c1-20-17-8-10-19(11-9-17)13-16-7-6-15(12-18(16)19)5-4-14-2-3-14/h6-7,12,14,17H,2-3,8-11,13H2,1H3. The highest BCUT2D eigenvalue weighted by molar-refractivity contribution is 5.51. The smallest absolute Gasteiger partial charge is 0.0572 e. The molecule has 3 aliphatic rings. The monoisotopic (exact) mass is 266 g/mol. The van der Waals surface area contributed by atoms with Gasteiger partial charge in [0.1, 0.15) is 0 Å². The Morgan fingerprint density at radius 2 is 1.95 bits per heavy atom. The van der Waals surface area contributed by atoms with Crippen LogP contribution in [0.25, 0.3) is 0 Å². The van der Waals surface area contributed by atoms with Crippen LogP contribution in [0.5, 0.6) is 0 Å². The quantitative estimate of drug-likeness (QED) is 0.702. The molecule has 0 heterocycles. The van der Waals surface area contributed by atoms with Gasteiger partial charge in [0.05, 0.1) is 6.10 Å². The summed E-state index contributed by atoms with van der Waals surface area (Å²) in [6.07, 6.45) is 9.38. The van der Waals surface area contributed by atoms with Crippen LogP contribution in [0.15, 0.2) is 18.2 Å². The molecule has 0 unspecified atom stereocenters. The molecular weight excluding hydrogens is 244 g/mol. The van der Waals surface area contributed by atoms with E-state index in [9.17, 15) is 0 Å². The molecule has 1 aromatic carbocycles. The third kappa shape index (κ3) is 2.07. The van der Waals surface area contributed by atoms with E-state index in [1.54, 1.807) is 11.1 Å². The Hall–Kier alpha value is -1.26. The van der Waals surface area contributed by atoms with Crippen molar-refractivity contribution in [2.24, 2.45) is 5.92 Å². The van der Waals surface area contributed by atoms with Crippen molar-refractivity contribution >= 4 is 0 Å². The van der Waals surface area contributed by atoms with Crippen LogP contribution in [-0.4, -0.2) is 13.2 Å². The van der Waals surface area contributed by atoms with Gasteiger partial charge in [-0.15, -0.1) is 0 Å². The van der Waals surface area contributed by atoms with E-state index in [2.05, 4.69) is 30.0 Å². The number of benzene rings is 1. The normalized spacial score (nSPS) is 31.1. The maximum absolute atomic E-state index is 5.51. The largest absolute Gasteiger partial charge is 0.381 e. The lowest BCUT2D eigenvalue weighted by Gasteiger charge is -2.48. The molecule has 0 aliphatic heterocycles. The molecule has 1 nitrogen and oxygen atoms in total. The highest BCUT2D eigenvalue weighted by atomic mass is 16.5. The number of methoxy groups -OCH3 is 1. The topological polar surface area (TPSA) is 9.23 Å². The molecule has 0 amide bonds. The van der Waals surface area contributed by atoms with Crippen LogP contribution in [-0.2, 0) is 16.6 Å². The van der Waals surface area contributed by atoms with Crippen LogP contribution in [0, 0.1) is 17.8 Å². The first kappa shape index (κ1) is 12.5. The summed E-state index contributed by atoms with van der Waals surface area (Å²) in [6, 6.07) is 6.89. The average molecular weight is 266 g/mol. The summed E-state index contributed by atoms with van der Waals surface area (Å²) in [5.74, 6) is 7.44. The van der Waals surface area contributed by atoms with Gasteiger partial charge in [0, 0.05) is 18.6 Å². The summed E-state index contributed by atoms with van der Waals surface area (Å²) in [6.45, 7) is 0. The van der Waals surface area contributed by atoms with E-state index in [4.69, 9.17) is 4.74 Å². The fraction of sp³-hybridized carbons (Fsp3) is 0.579. The molecule has 0 bridgehead atoms. The van der Waals surface area contributed by atoms with E-state index < -0.39 is 0 Å². The van der Waals surface area contributed by atoms with Crippen LogP contribution in [0.3, 0.4) is 0 Å². The van der Waals surface area contributed by atoms with Crippen molar-refractivity contribution in [3.8, 4) is 11.8 Å². The molecule has 0 N–H and O–H groups in total. The number of ether oxygens (including phenoxy) is 1. The zero-order chi connectivity index (χ0) is 13.6. The molecule has 1 heteroatoms. The summed E-state index contributed by atoms with van der Waals surface area (Å²) in [4.78, 5) is 0. The molecule has 4 rings (SSSR count). The Labute approximate surface area is 121 Å². The first-order chi connectivity index (χ1) is 9.79. The Kier molecular flexibility index (Phi) is 2.89. The van der Waals surface area contributed by atoms with Gasteiger partial charge in [-0.05, 0) is 73.6 Å². The number of hydrogen-bond acceptors (Lipinski definition) is 1. The van der Waals surface area contributed by atoms with E-state index in [-0.39, 0.29) is 0 Å². The van der Waals surface area contributed by atoms with E-state index in [1.807, 2.05) is 7.11 Å². The first-order valence-electron chi connectivity index (χ1n) is 7.97. The van der Waals surface area contributed by atoms with Crippen molar-refractivity contribution < 1.29 is 4.74 Å². The van der Waals surface area contributed by atoms with Crippen LogP contribution in [0.4, 0.5) is 0 Å². The molecule has 20 heavy (non-hydrogen) atoms. The SMILES string of the molecule is COC1CCC2(CC1)Cc1ccc(C#CC3CC3)cc12. The predicted molar refractivity (Wildman–Crippen MR) is 80.7 cm³/mol. The first-order valence-corrected chi connectivity index (χ1v) is 7.97. The lowest BCUT2D eigenvalue weighted by molar-refractivity contribution is 0.0433. The maximum Gasteiger partial charge on any atom is 0.0572 e. The third-order valence-corrected chi connectivity index (χ3v) is 5.43. The van der Waals surface area contributed by atoms with Gasteiger partial charge in [-0.3, -0.25) is 0 Å². The van der Waals surface area contributed by atoms with Gasteiger partial charge in [-0.2, -0.15) is 0 Å². The summed E-state index contributed by atoms with van der Waals surface area (Å²) >= 11 is 0. The Morgan fingerprint density at radius 3 is 2.65 bits per heavy atom. The minimum atomic E-state index is 0.460. The Morgan fingerprint density at radius 1 is 1.15 bits per heavy atom. The summed E-state index contributed by atoms with van der Waals surface area (Å²) in [5.41, 5.74) is 4.83. The fourth-order valence-corrected chi connectivity index (χ4v) is 3.89. The van der Waals surface area contributed by atoms with Crippen molar-refractivity contribution in [2.75, 3.05) is 7.11 Å². The molecule has 0 aromatic heterocycles. The summed E-state index contributed by atoms with van der Waals surface area (Å²) in [5, 5.41) is 0. The number of hydrogen-bond donors (Lipinski definition) is 0. The molecule has 3 aliphatic carbocycles. The van der Waals surface area contributed by atoms with Crippen LogP contribution >= 0.6 is 0 Å². The van der Waals surface area contributed by atoms with Gasteiger partial charge in [-0.25, -0.2) is 0 Å². The van der Waals surface area contributed by atoms with E-state index in [0.717, 1.165) is 0 Å². The lowest BCUT2D eigenvalue weighted by atomic mass is 9.57. The number of rotatable bonds is 1. The molecule has 104 valence electrons. The molecule has 0 atom stereocenters. The molecule has 1 spiro atoms. The molecule has 0 radical (unpaired) electrons. The fourth-order valence-electron chi connectivity index (χ4n) is 3.89. The predicted octanol–water partition coefficient (Wildman–Crippen LogP) is 3.83. The van der Waals surface area contributed by atoms with Gasteiger partial charge in [0.2, 0.25) is 0 Å². The van der Waals surface area contributed by atoms with Gasteiger partial charge in [0.15, 0.2) is 0 Å². The van der Waals surface area contributed by atoms with E-state index in [1.165, 1.54) is 50.5 Å². The molecule has 1 aromatic rings. The zero-order valence-corrected chi connectivity index (χ0v) is 12.2. The average Bonchev–Trinajstić information content (AvgIpc) is 3.30. The molecule has 2 saturated carbocycles. The van der Waals surface area contributed by atoms with E-state index in [0.29, 0.717) is 17.4 Å². The highest BCUT2D eigenvalue weighted by Crippen LogP contribution is 2.51. The van der Waals surface area contributed by atoms with Gasteiger partial charge < -0.3 is 4.74 Å². The van der Waals surface area contributed by atoms with Crippen LogP contribution in [0.2, 0.25) is 0 Å². The van der Waals surface area contributed by atoms with Gasteiger partial charge >= 0.3 is 0 Å². The van der Waals surface area contributed by atoms with Crippen molar-refractivity contribution in [3.63, 3.8) is 0 Å². The van der Waals surface area contributed by atoms with Crippen LogP contribution < -0.4 is 0 Å². The van der Waals surface area contributed by atoms with Crippen molar-refractivity contribution in [3.05, 3.63) is 34.9 Å². The number of fused-ring (bicyclic) bond motifs is 2. The molecule has 2 fully saturated rings. The Bertz CT molecular complexity index is 578. The Balaban J connectivity index is 1.56. The summed E-state index contributed by atoms with van der Waals surface area (Å²) in [7, 11) is 1.85. The van der Waals surface area contributed by atoms with Crippen molar-refractivity contribution in [2.45, 2.75) is 56.5 Å².